The van der Waals surface area contributed by atoms with Gasteiger partial charge in [0.15, 0.2) is 0 Å². The number of rotatable bonds is 3. The number of nitrogens with one attached hydrogen (secondary N) is 1. The molecule has 0 saturated carbocycles. The normalized spacial score (nSPS) is 13.9. The predicted molar refractivity (Wildman–Crippen MR) is 90.5 cm³/mol. The summed E-state index contributed by atoms with van der Waals surface area (Å²) in [5.41, 5.74) is 2.83. The summed E-state index contributed by atoms with van der Waals surface area (Å²) in [6.07, 6.45) is 1.73. The van der Waals surface area contributed by atoms with Crippen molar-refractivity contribution in [1.82, 2.24) is 14.7 Å². The maximum atomic E-state index is 12.6. The number of benzene rings is 1. The molecule has 0 fully saturated rings. The summed E-state index contributed by atoms with van der Waals surface area (Å²) in [5.74, 6) is 1.37. The fraction of sp³-hybridized carbons (Fsp3) is 0.412. The molecule has 0 radical (unpaired) electrons. The predicted octanol–water partition coefficient (Wildman–Crippen LogP) is 2.42. The number of nitrogens with zero attached hydrogens (tertiary/aromatic N) is 3. The van der Waals surface area contributed by atoms with Gasteiger partial charge in [-0.1, -0.05) is 6.07 Å². The van der Waals surface area contributed by atoms with E-state index in [1.54, 1.807) is 29.9 Å². The van der Waals surface area contributed by atoms with E-state index in [1.165, 1.54) is 0 Å². The van der Waals surface area contributed by atoms with Crippen molar-refractivity contribution >= 4 is 11.7 Å². The molecule has 0 bridgehead atoms. The van der Waals surface area contributed by atoms with Crippen LogP contribution in [0, 0.1) is 0 Å². The number of carbonyl (C=O) groups is 1. The molecule has 24 heavy (non-hydrogen) atoms. The van der Waals surface area contributed by atoms with Crippen molar-refractivity contribution in [2.45, 2.75) is 19.4 Å². The van der Waals surface area contributed by atoms with Gasteiger partial charge in [-0.3, -0.25) is 4.68 Å². The number of aromatic nitrogens is 2. The van der Waals surface area contributed by atoms with Crippen LogP contribution in [0.15, 0.2) is 24.3 Å². The Morgan fingerprint density at radius 2 is 2.12 bits per heavy atom. The van der Waals surface area contributed by atoms with Crippen molar-refractivity contribution in [3.05, 3.63) is 35.5 Å². The molecule has 0 unspecified atom stereocenters. The van der Waals surface area contributed by atoms with Gasteiger partial charge in [0.05, 0.1) is 26.5 Å². The number of methoxy groups -OCH3 is 2. The molecule has 0 aliphatic carbocycles. The Hall–Kier alpha value is -2.70. The maximum Gasteiger partial charge on any atom is 0.322 e. The lowest BCUT2D eigenvalue weighted by Crippen LogP contribution is -2.35. The van der Waals surface area contributed by atoms with E-state index in [0.29, 0.717) is 30.4 Å². The molecule has 1 aromatic heterocycles. The Kier molecular flexibility index (Phi) is 4.59. The molecule has 1 N–H and O–H groups in total. The minimum absolute atomic E-state index is 0.128. The van der Waals surface area contributed by atoms with Crippen molar-refractivity contribution < 1.29 is 14.3 Å². The van der Waals surface area contributed by atoms with E-state index in [9.17, 15) is 4.79 Å². The summed E-state index contributed by atoms with van der Waals surface area (Å²) >= 11 is 0. The Balaban J connectivity index is 1.76. The van der Waals surface area contributed by atoms with Crippen molar-refractivity contribution in [2.75, 3.05) is 26.1 Å². The Morgan fingerprint density at radius 1 is 1.29 bits per heavy atom. The fourth-order valence-electron chi connectivity index (χ4n) is 2.97. The van der Waals surface area contributed by atoms with Crippen LogP contribution in [0.5, 0.6) is 11.6 Å². The van der Waals surface area contributed by atoms with Crippen LogP contribution >= 0.6 is 0 Å². The van der Waals surface area contributed by atoms with Gasteiger partial charge in [-0.05, 0) is 25.0 Å². The Labute approximate surface area is 141 Å². The van der Waals surface area contributed by atoms with Crippen LogP contribution in [0.1, 0.15) is 17.7 Å². The second-order valence-corrected chi connectivity index (χ2v) is 5.75. The maximum absolute atomic E-state index is 12.6. The second-order valence-electron chi connectivity index (χ2n) is 5.75. The number of fused-ring (bicyclic) bond motifs is 1. The number of carbonyl (C=O) groups excluding carboxylic acids is 1. The lowest BCUT2D eigenvalue weighted by atomic mass is 10.1. The Morgan fingerprint density at radius 3 is 2.88 bits per heavy atom. The van der Waals surface area contributed by atoms with Crippen molar-refractivity contribution in [3.8, 4) is 11.6 Å². The summed E-state index contributed by atoms with van der Waals surface area (Å²) in [7, 11) is 5.11. The molecule has 1 aromatic carbocycles. The number of urea groups is 1. The quantitative estimate of drug-likeness (QED) is 0.938. The van der Waals surface area contributed by atoms with Gasteiger partial charge in [0.2, 0.25) is 5.88 Å². The van der Waals surface area contributed by atoms with Gasteiger partial charge in [0, 0.05) is 30.9 Å². The van der Waals surface area contributed by atoms with Crippen LogP contribution in [-0.2, 0) is 20.0 Å². The standard InChI is InChI=1S/C17H22N4O3/c1-20-15-11-21(9-5-8-14(15)16(19-20)24-3)17(22)18-12-6-4-7-13(10-12)23-2/h4,6-7,10H,5,8-9,11H2,1-3H3,(H,18,22). The van der Waals surface area contributed by atoms with Gasteiger partial charge in [0.25, 0.3) is 0 Å². The van der Waals surface area contributed by atoms with Crippen LogP contribution in [0.2, 0.25) is 0 Å². The van der Waals surface area contributed by atoms with E-state index in [-0.39, 0.29) is 6.03 Å². The molecule has 1 aliphatic heterocycles. The molecule has 3 rings (SSSR count). The monoisotopic (exact) mass is 330 g/mol. The van der Waals surface area contributed by atoms with E-state index in [2.05, 4.69) is 10.4 Å². The minimum atomic E-state index is -0.128. The summed E-state index contributed by atoms with van der Waals surface area (Å²) in [6.45, 7) is 1.20. The molecule has 0 atom stereocenters. The SMILES string of the molecule is COc1cccc(NC(=O)N2CCCc3c(OC)nn(C)c3C2)c1. The van der Waals surface area contributed by atoms with Crippen LogP contribution in [0.25, 0.3) is 0 Å². The van der Waals surface area contributed by atoms with Crippen molar-refractivity contribution in [2.24, 2.45) is 7.05 Å². The first-order valence-electron chi connectivity index (χ1n) is 7.91. The molecule has 0 spiro atoms. The minimum Gasteiger partial charge on any atom is -0.497 e. The molecule has 2 heterocycles. The number of anilines is 1. The highest BCUT2D eigenvalue weighted by Crippen LogP contribution is 2.27. The zero-order valence-electron chi connectivity index (χ0n) is 14.2. The number of hydrogen-bond acceptors (Lipinski definition) is 4. The molecular formula is C17H22N4O3. The van der Waals surface area contributed by atoms with Crippen LogP contribution in [0.4, 0.5) is 10.5 Å². The van der Waals surface area contributed by atoms with Crippen LogP contribution in [-0.4, -0.2) is 41.5 Å². The molecule has 7 nitrogen and oxygen atoms in total. The van der Waals surface area contributed by atoms with Gasteiger partial charge in [0.1, 0.15) is 5.75 Å². The molecule has 7 heteroatoms. The van der Waals surface area contributed by atoms with E-state index < -0.39 is 0 Å². The highest BCUT2D eigenvalue weighted by atomic mass is 16.5. The first-order valence-corrected chi connectivity index (χ1v) is 7.91. The molecule has 0 saturated heterocycles. The largest absolute Gasteiger partial charge is 0.497 e. The molecule has 2 aromatic rings. The summed E-state index contributed by atoms with van der Waals surface area (Å²) in [6, 6.07) is 7.21. The Bertz CT molecular complexity index is 741. The van der Waals surface area contributed by atoms with Crippen LogP contribution < -0.4 is 14.8 Å². The number of amides is 2. The number of ether oxygens (including phenoxy) is 2. The lowest BCUT2D eigenvalue weighted by molar-refractivity contribution is 0.208. The van der Waals surface area contributed by atoms with Gasteiger partial charge < -0.3 is 19.7 Å². The summed E-state index contributed by atoms with van der Waals surface area (Å²) < 4.78 is 12.3. The number of hydrogen-bond donors (Lipinski definition) is 1. The smallest absolute Gasteiger partial charge is 0.322 e. The highest BCUT2D eigenvalue weighted by Gasteiger charge is 2.25. The van der Waals surface area contributed by atoms with E-state index >= 15 is 0 Å². The van der Waals surface area contributed by atoms with Gasteiger partial charge in [-0.2, -0.15) is 0 Å². The van der Waals surface area contributed by atoms with Gasteiger partial charge in [-0.25, -0.2) is 4.79 Å². The van der Waals surface area contributed by atoms with Crippen LogP contribution in [0.3, 0.4) is 0 Å². The topological polar surface area (TPSA) is 68.6 Å². The number of aryl methyl sites for hydroxylation is 1. The van der Waals surface area contributed by atoms with E-state index in [1.807, 2.05) is 25.2 Å². The van der Waals surface area contributed by atoms with Gasteiger partial charge >= 0.3 is 6.03 Å². The van der Waals surface area contributed by atoms with E-state index in [4.69, 9.17) is 9.47 Å². The first-order chi connectivity index (χ1) is 11.6. The fourth-order valence-corrected chi connectivity index (χ4v) is 2.97. The second kappa shape index (κ2) is 6.82. The first kappa shape index (κ1) is 16.2. The third-order valence-corrected chi connectivity index (χ3v) is 4.23. The molecule has 1 aliphatic rings. The molecule has 2 amide bonds. The zero-order valence-corrected chi connectivity index (χ0v) is 14.2. The highest BCUT2D eigenvalue weighted by molar-refractivity contribution is 5.89. The van der Waals surface area contributed by atoms with Crippen molar-refractivity contribution in [3.63, 3.8) is 0 Å². The average Bonchev–Trinajstić information content (AvgIpc) is 2.77. The summed E-state index contributed by atoms with van der Waals surface area (Å²) in [4.78, 5) is 14.4. The summed E-state index contributed by atoms with van der Waals surface area (Å²) in [5, 5.41) is 7.30. The van der Waals surface area contributed by atoms with Gasteiger partial charge in [-0.15, -0.1) is 5.10 Å². The molecular weight excluding hydrogens is 308 g/mol. The average molecular weight is 330 g/mol. The zero-order chi connectivity index (χ0) is 17.1. The molecule has 128 valence electrons. The van der Waals surface area contributed by atoms with Crippen molar-refractivity contribution in [1.29, 1.82) is 0 Å². The third-order valence-electron chi connectivity index (χ3n) is 4.23. The third kappa shape index (κ3) is 3.15. The van der Waals surface area contributed by atoms with E-state index in [0.717, 1.165) is 24.1 Å². The lowest BCUT2D eigenvalue weighted by Gasteiger charge is -2.21.